The molecule has 0 bridgehead atoms. The Bertz CT molecular complexity index is 1510. The number of likely N-dealkylation sites (tertiary alicyclic amines) is 1. The van der Waals surface area contributed by atoms with E-state index in [4.69, 9.17) is 14.6 Å². The number of rotatable bonds is 10. The van der Waals surface area contributed by atoms with Gasteiger partial charge in [0.05, 0.1) is 28.6 Å². The second-order valence-electron chi connectivity index (χ2n) is 10.8. The van der Waals surface area contributed by atoms with Gasteiger partial charge in [-0.2, -0.15) is 5.10 Å². The van der Waals surface area contributed by atoms with E-state index in [1.54, 1.807) is 12.1 Å². The van der Waals surface area contributed by atoms with Crippen molar-refractivity contribution < 1.29 is 36.7 Å². The number of carbonyl (C=O) groups excluding carboxylic acids is 2. The van der Waals surface area contributed by atoms with Crippen molar-refractivity contribution in [2.24, 2.45) is 5.92 Å². The van der Waals surface area contributed by atoms with Gasteiger partial charge in [-0.15, -0.1) is 11.3 Å². The topological polar surface area (TPSA) is 98.6 Å². The molecule has 43 heavy (non-hydrogen) atoms. The maximum absolute atomic E-state index is 13.3. The lowest BCUT2D eigenvalue weighted by Crippen LogP contribution is -2.40. The maximum Gasteiger partial charge on any atom is 0.338 e. The zero-order chi connectivity index (χ0) is 30.1. The van der Waals surface area contributed by atoms with Gasteiger partial charge < -0.3 is 9.64 Å². The third kappa shape index (κ3) is 6.59. The Morgan fingerprint density at radius 1 is 1.09 bits per heavy atom. The highest BCUT2D eigenvalue weighted by atomic mass is 32.1. The van der Waals surface area contributed by atoms with Crippen molar-refractivity contribution >= 4 is 28.9 Å². The van der Waals surface area contributed by atoms with Crippen LogP contribution in [0.2, 0.25) is 0 Å². The number of hydroxylamine groups is 1. The van der Waals surface area contributed by atoms with Crippen LogP contribution in [0.4, 0.5) is 17.6 Å². The van der Waals surface area contributed by atoms with Crippen LogP contribution in [0.3, 0.4) is 0 Å². The second-order valence-corrected chi connectivity index (χ2v) is 11.7. The lowest BCUT2D eigenvalue weighted by Gasteiger charge is -2.31. The molecule has 9 nitrogen and oxygen atoms in total. The van der Waals surface area contributed by atoms with E-state index in [0.29, 0.717) is 71.7 Å². The first-order chi connectivity index (χ1) is 20.8. The molecule has 0 spiro atoms. The smallest absolute Gasteiger partial charge is 0.338 e. The van der Waals surface area contributed by atoms with Gasteiger partial charge in [0.1, 0.15) is 24.0 Å². The first-order valence-electron chi connectivity index (χ1n) is 14.0. The molecule has 1 aromatic carbocycles. The van der Waals surface area contributed by atoms with E-state index in [1.807, 2.05) is 23.6 Å². The number of nitrogens with zero attached hydrogens (tertiary/aromatic N) is 4. The quantitative estimate of drug-likeness (QED) is 0.226. The lowest BCUT2D eigenvalue weighted by molar-refractivity contribution is -0.133. The number of halogens is 4. The SMILES string of the molecule is O=C(OCC1CC1)c1ccccc1C1C=C(c2csc(C3CCN(C(=O)Cn4nc(C(F)F)cc4C(F)F)CC3)n2)NO1. The van der Waals surface area contributed by atoms with Crippen molar-refractivity contribution in [3.63, 3.8) is 0 Å². The average Bonchev–Trinajstić information content (AvgIpc) is 3.37. The van der Waals surface area contributed by atoms with E-state index < -0.39 is 42.8 Å². The highest BCUT2D eigenvalue weighted by molar-refractivity contribution is 7.09. The highest BCUT2D eigenvalue weighted by Gasteiger charge is 2.30. The van der Waals surface area contributed by atoms with E-state index in [2.05, 4.69) is 10.6 Å². The Morgan fingerprint density at radius 3 is 2.58 bits per heavy atom. The van der Waals surface area contributed by atoms with Gasteiger partial charge in [-0.25, -0.2) is 27.3 Å². The summed E-state index contributed by atoms with van der Waals surface area (Å²) < 4.78 is 58.6. The zero-order valence-corrected chi connectivity index (χ0v) is 23.7. The summed E-state index contributed by atoms with van der Waals surface area (Å²) in [5.41, 5.74) is 3.97. The van der Waals surface area contributed by atoms with Crippen LogP contribution in [0.5, 0.6) is 0 Å². The molecule has 0 radical (unpaired) electrons. The van der Waals surface area contributed by atoms with Crippen LogP contribution in [0.25, 0.3) is 5.70 Å². The molecular formula is C29H29F4N5O4S. The number of esters is 1. The number of nitrogens with one attached hydrogen (secondary N) is 1. The molecule has 14 heteroatoms. The molecule has 1 amide bonds. The molecule has 1 unspecified atom stereocenters. The van der Waals surface area contributed by atoms with Crippen molar-refractivity contribution in [1.29, 1.82) is 0 Å². The summed E-state index contributed by atoms with van der Waals surface area (Å²) in [4.78, 5) is 37.6. The summed E-state index contributed by atoms with van der Waals surface area (Å²) in [7, 11) is 0. The van der Waals surface area contributed by atoms with Crippen LogP contribution in [0, 0.1) is 5.92 Å². The normalized spacial score (nSPS) is 19.2. The number of alkyl halides is 4. The number of piperidine rings is 1. The Kier molecular flexibility index (Phi) is 8.48. The molecule has 4 heterocycles. The van der Waals surface area contributed by atoms with Gasteiger partial charge in [0.2, 0.25) is 5.91 Å². The third-order valence-electron chi connectivity index (χ3n) is 7.81. The highest BCUT2D eigenvalue weighted by Crippen LogP contribution is 2.35. The Labute approximate surface area is 248 Å². The third-order valence-corrected chi connectivity index (χ3v) is 8.81. The van der Waals surface area contributed by atoms with Crippen LogP contribution in [0.15, 0.2) is 41.8 Å². The number of benzene rings is 1. The summed E-state index contributed by atoms with van der Waals surface area (Å²) in [6, 6.07) is 7.83. The minimum Gasteiger partial charge on any atom is -0.462 e. The Morgan fingerprint density at radius 2 is 1.86 bits per heavy atom. The summed E-state index contributed by atoms with van der Waals surface area (Å²) in [6.45, 7) is 0.663. The number of hydrogen-bond donors (Lipinski definition) is 1. The first-order valence-corrected chi connectivity index (χ1v) is 14.9. The number of hydrogen-bond acceptors (Lipinski definition) is 8. The van der Waals surface area contributed by atoms with Crippen molar-refractivity contribution in [2.75, 3.05) is 19.7 Å². The molecule has 1 aliphatic carbocycles. The van der Waals surface area contributed by atoms with Crippen molar-refractivity contribution in [3.05, 3.63) is 75.0 Å². The van der Waals surface area contributed by atoms with E-state index in [0.717, 1.165) is 17.8 Å². The monoisotopic (exact) mass is 619 g/mol. The van der Waals surface area contributed by atoms with Gasteiger partial charge in [0.25, 0.3) is 12.9 Å². The molecule has 1 N–H and O–H groups in total. The predicted octanol–water partition coefficient (Wildman–Crippen LogP) is 5.80. The standard InChI is InChI=1S/C29H29F4N5O4S/c30-26(31)21-11-23(27(32)33)38(35-21)13-25(39)37-9-7-17(8-10-37)28-34-22(15-43-28)20-12-24(42-36-20)18-3-1-2-4-19(18)29(40)41-14-16-5-6-16/h1-4,11-12,15-17,24,26-27,36H,5-10,13-14H2. The summed E-state index contributed by atoms with van der Waals surface area (Å²) in [5, 5.41) is 6.32. The maximum atomic E-state index is 13.3. The Hall–Kier alpha value is -3.78. The first kappa shape index (κ1) is 29.3. The van der Waals surface area contributed by atoms with Crippen LogP contribution in [0.1, 0.15) is 88.6 Å². The van der Waals surface area contributed by atoms with Gasteiger partial charge >= 0.3 is 5.97 Å². The largest absolute Gasteiger partial charge is 0.462 e. The molecule has 2 aromatic heterocycles. The molecule has 3 aliphatic rings. The molecular weight excluding hydrogens is 590 g/mol. The second kappa shape index (κ2) is 12.4. The Balaban J connectivity index is 1.06. The average molecular weight is 620 g/mol. The van der Waals surface area contributed by atoms with E-state index >= 15 is 0 Å². The van der Waals surface area contributed by atoms with Crippen LogP contribution >= 0.6 is 11.3 Å². The van der Waals surface area contributed by atoms with Crippen molar-refractivity contribution in [3.8, 4) is 0 Å². The van der Waals surface area contributed by atoms with Gasteiger partial charge in [-0.3, -0.25) is 19.8 Å². The van der Waals surface area contributed by atoms with Gasteiger partial charge in [0, 0.05) is 30.0 Å². The summed E-state index contributed by atoms with van der Waals surface area (Å²) in [6.07, 6.45) is -1.25. The van der Waals surface area contributed by atoms with E-state index in [-0.39, 0.29) is 11.9 Å². The number of ether oxygens (including phenoxy) is 1. The minimum absolute atomic E-state index is 0.0928. The summed E-state index contributed by atoms with van der Waals surface area (Å²) in [5.74, 6) is -0.268. The van der Waals surface area contributed by atoms with Crippen molar-refractivity contribution in [2.45, 2.75) is 57.1 Å². The van der Waals surface area contributed by atoms with Crippen LogP contribution in [-0.2, 0) is 20.9 Å². The van der Waals surface area contributed by atoms with Gasteiger partial charge in [-0.1, -0.05) is 18.2 Å². The van der Waals surface area contributed by atoms with Crippen LogP contribution < -0.4 is 5.48 Å². The van der Waals surface area contributed by atoms with Crippen molar-refractivity contribution in [1.82, 2.24) is 25.1 Å². The number of amides is 1. The zero-order valence-electron chi connectivity index (χ0n) is 22.9. The molecule has 228 valence electrons. The molecule has 1 atom stereocenters. The lowest BCUT2D eigenvalue weighted by atomic mass is 9.97. The number of thiazole rings is 1. The fourth-order valence-electron chi connectivity index (χ4n) is 5.19. The molecule has 6 rings (SSSR count). The molecule has 2 fully saturated rings. The molecule has 1 saturated carbocycles. The number of carbonyl (C=O) groups is 2. The predicted molar refractivity (Wildman–Crippen MR) is 147 cm³/mol. The fraction of sp³-hybridized carbons (Fsp3) is 0.448. The van der Waals surface area contributed by atoms with Gasteiger partial charge in [-0.05, 0) is 49.8 Å². The molecule has 3 aromatic rings. The summed E-state index contributed by atoms with van der Waals surface area (Å²) >= 11 is 1.49. The molecule has 1 saturated heterocycles. The minimum atomic E-state index is -3.02. The van der Waals surface area contributed by atoms with E-state index in [9.17, 15) is 27.2 Å². The van der Waals surface area contributed by atoms with Crippen LogP contribution in [-0.4, -0.2) is 51.2 Å². The molecule has 2 aliphatic heterocycles. The van der Waals surface area contributed by atoms with E-state index in [1.165, 1.54) is 16.2 Å². The number of aromatic nitrogens is 3. The fourth-order valence-corrected chi connectivity index (χ4v) is 6.18. The van der Waals surface area contributed by atoms with Gasteiger partial charge in [0.15, 0.2) is 0 Å².